The molecule has 0 aliphatic carbocycles. The monoisotopic (exact) mass is 372 g/mol. The van der Waals surface area contributed by atoms with Crippen molar-refractivity contribution in [3.63, 3.8) is 0 Å². The quantitative estimate of drug-likeness (QED) is 0.521. The molecule has 7 nitrogen and oxygen atoms in total. The van der Waals surface area contributed by atoms with Crippen LogP contribution in [-0.4, -0.2) is 32.1 Å². The third kappa shape index (κ3) is 7.27. The zero-order chi connectivity index (χ0) is 19.5. The maximum Gasteiger partial charge on any atom is 0.276 e. The van der Waals surface area contributed by atoms with E-state index in [4.69, 9.17) is 14.2 Å². The summed E-state index contributed by atoms with van der Waals surface area (Å²) in [5, 5.41) is 0. The number of hydrazine groups is 1. The first-order chi connectivity index (χ1) is 13.1. The van der Waals surface area contributed by atoms with E-state index in [1.54, 1.807) is 37.4 Å². The minimum atomic E-state index is -0.430. The van der Waals surface area contributed by atoms with Crippen LogP contribution in [0, 0.1) is 6.92 Å². The molecule has 2 N–H and O–H groups in total. The number of amides is 2. The van der Waals surface area contributed by atoms with E-state index in [9.17, 15) is 9.59 Å². The molecule has 0 bridgehead atoms. The number of hydrogen-bond acceptors (Lipinski definition) is 5. The van der Waals surface area contributed by atoms with Crippen molar-refractivity contribution in [2.45, 2.75) is 19.8 Å². The number of nitrogens with one attached hydrogen (secondary N) is 2. The van der Waals surface area contributed by atoms with Gasteiger partial charge in [0.25, 0.3) is 5.91 Å². The van der Waals surface area contributed by atoms with Crippen LogP contribution in [-0.2, 0) is 9.59 Å². The second-order valence-electron chi connectivity index (χ2n) is 5.78. The molecule has 0 heterocycles. The number of rotatable bonds is 9. The van der Waals surface area contributed by atoms with Crippen LogP contribution in [0.1, 0.15) is 18.4 Å². The maximum absolute atomic E-state index is 11.7. The normalized spacial score (nSPS) is 10.0. The Kier molecular flexibility index (Phi) is 7.96. The van der Waals surface area contributed by atoms with Gasteiger partial charge in [-0.3, -0.25) is 20.4 Å². The lowest BCUT2D eigenvalue weighted by atomic mass is 10.2. The summed E-state index contributed by atoms with van der Waals surface area (Å²) in [5.74, 6) is 1.37. The second kappa shape index (κ2) is 10.7. The number of carbonyl (C=O) groups is 2. The van der Waals surface area contributed by atoms with E-state index in [0.29, 0.717) is 24.5 Å². The lowest BCUT2D eigenvalue weighted by molar-refractivity contribution is -0.130. The van der Waals surface area contributed by atoms with E-state index >= 15 is 0 Å². The molecule has 2 aromatic rings. The van der Waals surface area contributed by atoms with Crippen molar-refractivity contribution in [2.24, 2.45) is 0 Å². The summed E-state index contributed by atoms with van der Waals surface area (Å²) in [6.45, 7) is 2.11. The van der Waals surface area contributed by atoms with Gasteiger partial charge in [0.15, 0.2) is 6.61 Å². The topological polar surface area (TPSA) is 85.9 Å². The molecule has 2 aromatic carbocycles. The largest absolute Gasteiger partial charge is 0.497 e. The first kappa shape index (κ1) is 20.1. The average molecular weight is 372 g/mol. The van der Waals surface area contributed by atoms with E-state index in [0.717, 1.165) is 11.3 Å². The van der Waals surface area contributed by atoms with E-state index in [2.05, 4.69) is 10.9 Å². The molecule has 0 spiro atoms. The summed E-state index contributed by atoms with van der Waals surface area (Å²) in [7, 11) is 1.60. The molecule has 27 heavy (non-hydrogen) atoms. The average Bonchev–Trinajstić information content (AvgIpc) is 2.69. The fourth-order valence-electron chi connectivity index (χ4n) is 2.19. The molecule has 2 amide bonds. The number of para-hydroxylation sites is 1. The molecular formula is C20H24N2O5. The Labute approximate surface area is 158 Å². The predicted molar refractivity (Wildman–Crippen MR) is 101 cm³/mol. The van der Waals surface area contributed by atoms with Crippen molar-refractivity contribution < 1.29 is 23.8 Å². The van der Waals surface area contributed by atoms with Crippen molar-refractivity contribution in [3.05, 3.63) is 54.1 Å². The van der Waals surface area contributed by atoms with Gasteiger partial charge in [-0.05, 0) is 49.2 Å². The van der Waals surface area contributed by atoms with Crippen molar-refractivity contribution in [3.8, 4) is 17.2 Å². The molecule has 0 saturated heterocycles. The molecule has 0 aromatic heterocycles. The fraction of sp³-hybridized carbons (Fsp3) is 0.300. The highest BCUT2D eigenvalue weighted by Crippen LogP contribution is 2.17. The van der Waals surface area contributed by atoms with Crippen LogP contribution in [0.25, 0.3) is 0 Å². The zero-order valence-electron chi connectivity index (χ0n) is 15.5. The smallest absolute Gasteiger partial charge is 0.276 e. The molecule has 2 rings (SSSR count). The highest BCUT2D eigenvalue weighted by molar-refractivity contribution is 5.82. The van der Waals surface area contributed by atoms with Gasteiger partial charge < -0.3 is 14.2 Å². The third-order valence-corrected chi connectivity index (χ3v) is 3.67. The Morgan fingerprint density at radius 1 is 0.889 bits per heavy atom. The Bertz CT molecular complexity index is 746. The van der Waals surface area contributed by atoms with Crippen LogP contribution in [0.5, 0.6) is 17.2 Å². The van der Waals surface area contributed by atoms with Crippen molar-refractivity contribution in [1.82, 2.24) is 10.9 Å². The van der Waals surface area contributed by atoms with Gasteiger partial charge in [-0.15, -0.1) is 0 Å². The summed E-state index contributed by atoms with van der Waals surface area (Å²) in [6, 6.07) is 14.6. The molecule has 0 unspecified atom stereocenters. The molecule has 0 aliphatic rings. The SMILES string of the molecule is COc1ccc(OCCCC(=O)NNC(=O)COc2ccccc2C)cc1. The number of carbonyl (C=O) groups excluding carboxylic acids is 2. The van der Waals surface area contributed by atoms with Gasteiger partial charge in [0.05, 0.1) is 13.7 Å². The summed E-state index contributed by atoms with van der Waals surface area (Å²) in [6.07, 6.45) is 0.753. The number of aryl methyl sites for hydroxylation is 1. The summed E-state index contributed by atoms with van der Waals surface area (Å²) >= 11 is 0. The van der Waals surface area contributed by atoms with Gasteiger partial charge in [-0.25, -0.2) is 0 Å². The van der Waals surface area contributed by atoms with E-state index in [1.807, 2.05) is 25.1 Å². The lowest BCUT2D eigenvalue weighted by Gasteiger charge is -2.10. The molecule has 0 fully saturated rings. The number of hydrogen-bond donors (Lipinski definition) is 2. The molecular weight excluding hydrogens is 348 g/mol. The minimum absolute atomic E-state index is 0.175. The molecule has 0 atom stereocenters. The maximum atomic E-state index is 11.7. The van der Waals surface area contributed by atoms with Gasteiger partial charge in [-0.1, -0.05) is 18.2 Å². The van der Waals surface area contributed by atoms with E-state index in [-0.39, 0.29) is 18.9 Å². The van der Waals surface area contributed by atoms with Gasteiger partial charge in [0.2, 0.25) is 5.91 Å². The first-order valence-electron chi connectivity index (χ1n) is 8.61. The number of methoxy groups -OCH3 is 1. The summed E-state index contributed by atoms with van der Waals surface area (Å²) < 4.78 is 16.0. The summed E-state index contributed by atoms with van der Waals surface area (Å²) in [5.41, 5.74) is 5.62. The van der Waals surface area contributed by atoms with Crippen LogP contribution in [0.3, 0.4) is 0 Å². The molecule has 0 aliphatic heterocycles. The van der Waals surface area contributed by atoms with E-state index < -0.39 is 5.91 Å². The van der Waals surface area contributed by atoms with Crippen LogP contribution in [0.4, 0.5) is 0 Å². The van der Waals surface area contributed by atoms with Gasteiger partial charge >= 0.3 is 0 Å². The minimum Gasteiger partial charge on any atom is -0.497 e. The standard InChI is InChI=1S/C20H24N2O5/c1-15-6-3-4-7-18(15)27-14-20(24)22-21-19(23)8-5-13-26-17-11-9-16(25-2)10-12-17/h3-4,6-7,9-12H,5,8,13-14H2,1-2H3,(H,21,23)(H,22,24). The highest BCUT2D eigenvalue weighted by Gasteiger charge is 2.07. The molecule has 0 saturated carbocycles. The summed E-state index contributed by atoms with van der Waals surface area (Å²) in [4.78, 5) is 23.4. The van der Waals surface area contributed by atoms with Crippen LogP contribution < -0.4 is 25.1 Å². The zero-order valence-corrected chi connectivity index (χ0v) is 15.5. The Morgan fingerprint density at radius 2 is 1.56 bits per heavy atom. The van der Waals surface area contributed by atoms with Crippen LogP contribution >= 0.6 is 0 Å². The van der Waals surface area contributed by atoms with Crippen LogP contribution in [0.15, 0.2) is 48.5 Å². The Balaban J connectivity index is 1.57. The van der Waals surface area contributed by atoms with Crippen molar-refractivity contribution in [2.75, 3.05) is 20.3 Å². The highest BCUT2D eigenvalue weighted by atomic mass is 16.5. The number of benzene rings is 2. The van der Waals surface area contributed by atoms with Crippen LogP contribution in [0.2, 0.25) is 0 Å². The Morgan fingerprint density at radius 3 is 2.26 bits per heavy atom. The van der Waals surface area contributed by atoms with Gasteiger partial charge in [-0.2, -0.15) is 0 Å². The number of ether oxygens (including phenoxy) is 3. The predicted octanol–water partition coefficient (Wildman–Crippen LogP) is 2.39. The van der Waals surface area contributed by atoms with E-state index in [1.165, 1.54) is 0 Å². The Hall–Kier alpha value is -3.22. The van der Waals surface area contributed by atoms with Gasteiger partial charge in [0.1, 0.15) is 17.2 Å². The molecule has 0 radical (unpaired) electrons. The fourth-order valence-corrected chi connectivity index (χ4v) is 2.19. The third-order valence-electron chi connectivity index (χ3n) is 3.67. The van der Waals surface area contributed by atoms with Crippen molar-refractivity contribution in [1.29, 1.82) is 0 Å². The molecule has 144 valence electrons. The second-order valence-corrected chi connectivity index (χ2v) is 5.78. The van der Waals surface area contributed by atoms with Crippen molar-refractivity contribution >= 4 is 11.8 Å². The molecule has 7 heteroatoms. The first-order valence-corrected chi connectivity index (χ1v) is 8.61. The lowest BCUT2D eigenvalue weighted by Crippen LogP contribution is -2.43. The van der Waals surface area contributed by atoms with Gasteiger partial charge in [0, 0.05) is 6.42 Å².